The number of aromatic amines is 2. The Morgan fingerprint density at radius 1 is 0.647 bits per heavy atom. The van der Waals surface area contributed by atoms with Crippen LogP contribution in [-0.4, -0.2) is 19.9 Å². The molecule has 4 nitrogen and oxygen atoms in total. The Morgan fingerprint density at radius 3 is 2.00 bits per heavy atom. The number of unbranched alkanes of at least 4 members (excludes halogenated alkanes) is 5. The van der Waals surface area contributed by atoms with Crippen molar-refractivity contribution in [2.75, 3.05) is 0 Å². The lowest BCUT2D eigenvalue weighted by atomic mass is 9.95. The molecule has 5 rings (SSSR count). The van der Waals surface area contributed by atoms with E-state index in [0.29, 0.717) is 5.92 Å². The first-order valence-electron chi connectivity index (χ1n) is 12.7. The Balaban J connectivity index is 1.54. The van der Waals surface area contributed by atoms with Crippen molar-refractivity contribution in [3.8, 4) is 0 Å². The third kappa shape index (κ3) is 5.39. The first-order chi connectivity index (χ1) is 16.7. The summed E-state index contributed by atoms with van der Waals surface area (Å²) in [5, 5.41) is 0. The zero-order valence-electron chi connectivity index (χ0n) is 20.3. The van der Waals surface area contributed by atoms with Gasteiger partial charge in [-0.25, -0.2) is 9.97 Å². The van der Waals surface area contributed by atoms with E-state index < -0.39 is 0 Å². The van der Waals surface area contributed by atoms with Crippen molar-refractivity contribution in [2.45, 2.75) is 64.7 Å². The van der Waals surface area contributed by atoms with Crippen LogP contribution in [0.5, 0.6) is 0 Å². The first-order valence-corrected chi connectivity index (χ1v) is 12.7. The van der Waals surface area contributed by atoms with Crippen LogP contribution in [0.4, 0.5) is 0 Å². The number of nitrogens with zero attached hydrogens (tertiary/aromatic N) is 2. The van der Waals surface area contributed by atoms with Gasteiger partial charge in [0.25, 0.3) is 0 Å². The molecule has 5 heterocycles. The van der Waals surface area contributed by atoms with Gasteiger partial charge in [0.2, 0.25) is 0 Å². The number of nitrogens with one attached hydrogen (secondary N) is 2. The largest absolute Gasteiger partial charge is 0.355 e. The quantitative estimate of drug-likeness (QED) is 0.233. The molecule has 34 heavy (non-hydrogen) atoms. The van der Waals surface area contributed by atoms with Crippen molar-refractivity contribution in [3.63, 3.8) is 0 Å². The number of H-pyrrole nitrogens is 2. The summed E-state index contributed by atoms with van der Waals surface area (Å²) in [5.41, 5.74) is 9.55. The van der Waals surface area contributed by atoms with Crippen molar-refractivity contribution in [3.05, 3.63) is 70.8 Å². The van der Waals surface area contributed by atoms with Crippen LogP contribution in [0.15, 0.2) is 42.5 Å². The van der Waals surface area contributed by atoms with Crippen LogP contribution in [0.1, 0.15) is 93.1 Å². The lowest BCUT2D eigenvalue weighted by Crippen LogP contribution is -1.93. The van der Waals surface area contributed by atoms with E-state index in [1.807, 2.05) is 18.2 Å². The second-order valence-electron chi connectivity index (χ2n) is 9.59. The predicted molar refractivity (Wildman–Crippen MR) is 145 cm³/mol. The topological polar surface area (TPSA) is 57.4 Å². The molecule has 3 aromatic heterocycles. The van der Waals surface area contributed by atoms with Crippen LogP contribution in [0.2, 0.25) is 0 Å². The SMILES string of the molecule is CCCCCCCCC(C)c1cc2cc3ccc(cc4nc(cc5nc(cc1[nH]2)C=C5)C=C4)[nH]3. The molecule has 0 aliphatic carbocycles. The van der Waals surface area contributed by atoms with E-state index in [9.17, 15) is 0 Å². The maximum absolute atomic E-state index is 4.83. The average Bonchev–Trinajstić information content (AvgIpc) is 3.61. The van der Waals surface area contributed by atoms with Gasteiger partial charge in [-0.05, 0) is 84.7 Å². The second-order valence-corrected chi connectivity index (χ2v) is 9.59. The maximum atomic E-state index is 4.83. The van der Waals surface area contributed by atoms with Gasteiger partial charge in [-0.3, -0.25) is 0 Å². The molecular weight excluding hydrogens is 416 g/mol. The van der Waals surface area contributed by atoms with E-state index in [1.165, 1.54) is 50.5 Å². The summed E-state index contributed by atoms with van der Waals surface area (Å²) >= 11 is 0. The maximum Gasteiger partial charge on any atom is 0.0659 e. The van der Waals surface area contributed by atoms with Crippen LogP contribution in [-0.2, 0) is 0 Å². The highest BCUT2D eigenvalue weighted by atomic mass is 14.8. The van der Waals surface area contributed by atoms with Crippen LogP contribution in [0, 0.1) is 0 Å². The molecule has 8 bridgehead atoms. The highest BCUT2D eigenvalue weighted by Gasteiger charge is 2.11. The van der Waals surface area contributed by atoms with Crippen LogP contribution in [0.3, 0.4) is 0 Å². The number of aromatic nitrogens is 4. The van der Waals surface area contributed by atoms with Gasteiger partial charge in [0, 0.05) is 22.1 Å². The van der Waals surface area contributed by atoms with Crippen molar-refractivity contribution in [2.24, 2.45) is 0 Å². The lowest BCUT2D eigenvalue weighted by Gasteiger charge is -2.10. The molecule has 0 aromatic carbocycles. The third-order valence-electron chi connectivity index (χ3n) is 6.72. The average molecular weight is 451 g/mol. The summed E-state index contributed by atoms with van der Waals surface area (Å²) in [4.78, 5) is 16.7. The van der Waals surface area contributed by atoms with Crippen molar-refractivity contribution in [1.82, 2.24) is 19.9 Å². The fourth-order valence-corrected chi connectivity index (χ4v) is 4.83. The summed E-state index contributed by atoms with van der Waals surface area (Å²) in [6, 6.07) is 15.0. The fourth-order valence-electron chi connectivity index (χ4n) is 4.83. The highest BCUT2D eigenvalue weighted by molar-refractivity contribution is 5.78. The molecule has 1 unspecified atom stereocenters. The standard InChI is InChI=1S/C30H34N4/c1-3-4-5-6-7-8-9-21(2)29-19-28-18-26-13-12-24(32-26)16-22-10-11-23(31-22)17-25-14-15-27(33-25)20-30(29)34-28/h10-21,32,34H,3-9H2,1-2H3. The Morgan fingerprint density at radius 2 is 1.26 bits per heavy atom. The third-order valence-corrected chi connectivity index (χ3v) is 6.72. The molecule has 0 radical (unpaired) electrons. The lowest BCUT2D eigenvalue weighted by molar-refractivity contribution is 0.558. The number of rotatable bonds is 8. The summed E-state index contributed by atoms with van der Waals surface area (Å²) in [7, 11) is 0. The number of hydrogen-bond donors (Lipinski definition) is 2. The van der Waals surface area contributed by atoms with E-state index in [1.54, 1.807) is 0 Å². The van der Waals surface area contributed by atoms with Crippen LogP contribution < -0.4 is 0 Å². The summed E-state index contributed by atoms with van der Waals surface area (Å²) in [5.74, 6) is 0.498. The van der Waals surface area contributed by atoms with Gasteiger partial charge in [0.1, 0.15) is 0 Å². The molecule has 1 atom stereocenters. The second kappa shape index (κ2) is 10.3. The van der Waals surface area contributed by atoms with Gasteiger partial charge in [-0.1, -0.05) is 52.4 Å². The molecule has 0 saturated carbocycles. The van der Waals surface area contributed by atoms with Crippen molar-refractivity contribution < 1.29 is 0 Å². The molecule has 2 aliphatic rings. The minimum Gasteiger partial charge on any atom is -0.355 e. The van der Waals surface area contributed by atoms with Gasteiger partial charge in [0.05, 0.1) is 22.8 Å². The van der Waals surface area contributed by atoms with E-state index in [4.69, 9.17) is 9.97 Å². The highest BCUT2D eigenvalue weighted by Crippen LogP contribution is 2.28. The Bertz CT molecular complexity index is 1370. The summed E-state index contributed by atoms with van der Waals surface area (Å²) in [6.07, 6.45) is 17.4. The minimum absolute atomic E-state index is 0.498. The monoisotopic (exact) mass is 450 g/mol. The van der Waals surface area contributed by atoms with Crippen molar-refractivity contribution >= 4 is 46.4 Å². The summed E-state index contributed by atoms with van der Waals surface area (Å²) in [6.45, 7) is 4.63. The van der Waals surface area contributed by atoms with Gasteiger partial charge in [-0.2, -0.15) is 0 Å². The van der Waals surface area contributed by atoms with Gasteiger partial charge in [-0.15, -0.1) is 0 Å². The normalized spacial score (nSPS) is 13.5. The zero-order valence-corrected chi connectivity index (χ0v) is 20.3. The Hall–Kier alpha value is -3.40. The molecule has 0 spiro atoms. The van der Waals surface area contributed by atoms with E-state index in [-0.39, 0.29) is 0 Å². The molecule has 2 aliphatic heterocycles. The molecule has 0 saturated heterocycles. The molecule has 174 valence electrons. The minimum atomic E-state index is 0.498. The van der Waals surface area contributed by atoms with Crippen LogP contribution in [0.25, 0.3) is 46.4 Å². The van der Waals surface area contributed by atoms with Gasteiger partial charge < -0.3 is 9.97 Å². The van der Waals surface area contributed by atoms with Gasteiger partial charge >= 0.3 is 0 Å². The smallest absolute Gasteiger partial charge is 0.0659 e. The molecule has 3 aromatic rings. The Kier molecular flexibility index (Phi) is 6.75. The molecule has 0 amide bonds. The molecule has 4 heteroatoms. The zero-order chi connectivity index (χ0) is 23.3. The summed E-state index contributed by atoms with van der Waals surface area (Å²) < 4.78 is 0. The molecular formula is C30H34N4. The predicted octanol–water partition coefficient (Wildman–Crippen LogP) is 8.51. The van der Waals surface area contributed by atoms with Gasteiger partial charge in [0.15, 0.2) is 0 Å². The Labute approximate surface area is 201 Å². The van der Waals surface area contributed by atoms with E-state index in [2.05, 4.69) is 72.4 Å². The fraction of sp³-hybridized carbons (Fsp3) is 0.333. The van der Waals surface area contributed by atoms with E-state index >= 15 is 0 Å². The first kappa shape index (κ1) is 22.4. The molecule has 0 fully saturated rings. The number of hydrogen-bond acceptors (Lipinski definition) is 2. The van der Waals surface area contributed by atoms with Crippen molar-refractivity contribution in [1.29, 1.82) is 0 Å². The number of fused-ring (bicyclic) bond motifs is 8. The van der Waals surface area contributed by atoms with Crippen LogP contribution >= 0.6 is 0 Å². The van der Waals surface area contributed by atoms with E-state index in [0.717, 1.165) is 44.8 Å². The molecule has 2 N–H and O–H groups in total.